The molecular formula is C21H34N2O. The van der Waals surface area contributed by atoms with Gasteiger partial charge in [-0.1, -0.05) is 65.8 Å². The summed E-state index contributed by atoms with van der Waals surface area (Å²) >= 11 is 0. The average molecular weight is 331 g/mol. The molecule has 0 radical (unpaired) electrons. The van der Waals surface area contributed by atoms with Gasteiger partial charge in [-0.05, 0) is 17.0 Å². The van der Waals surface area contributed by atoms with Gasteiger partial charge in [0.1, 0.15) is 5.60 Å². The number of rotatable bonds is 3. The van der Waals surface area contributed by atoms with Crippen molar-refractivity contribution in [2.24, 2.45) is 10.8 Å². The summed E-state index contributed by atoms with van der Waals surface area (Å²) in [5, 5.41) is 15.3. The molecule has 0 spiro atoms. The third-order valence-corrected chi connectivity index (χ3v) is 6.74. The number of nitrogens with zero attached hydrogens (tertiary/aromatic N) is 1. The Labute approximate surface area is 147 Å². The molecule has 0 atom stereocenters. The molecule has 24 heavy (non-hydrogen) atoms. The maximum Gasteiger partial charge on any atom is 0.103 e. The van der Waals surface area contributed by atoms with E-state index in [9.17, 15) is 5.11 Å². The van der Waals surface area contributed by atoms with Crippen LogP contribution in [0.15, 0.2) is 24.3 Å². The summed E-state index contributed by atoms with van der Waals surface area (Å²) < 4.78 is 0. The summed E-state index contributed by atoms with van der Waals surface area (Å²) in [5.74, 6) is 0.518. The van der Waals surface area contributed by atoms with Gasteiger partial charge >= 0.3 is 0 Å². The molecule has 0 amide bonds. The predicted octanol–water partition coefficient (Wildman–Crippen LogP) is 3.34. The molecule has 1 heterocycles. The smallest absolute Gasteiger partial charge is 0.103 e. The highest BCUT2D eigenvalue weighted by atomic mass is 16.3. The van der Waals surface area contributed by atoms with Crippen molar-refractivity contribution in [3.05, 3.63) is 35.4 Å². The predicted molar refractivity (Wildman–Crippen MR) is 100 cm³/mol. The Bertz CT molecular complexity index is 566. The van der Waals surface area contributed by atoms with Crippen LogP contribution in [0, 0.1) is 10.8 Å². The lowest BCUT2D eigenvalue weighted by molar-refractivity contribution is -0.308. The topological polar surface area (TPSA) is 35.5 Å². The van der Waals surface area contributed by atoms with E-state index < -0.39 is 5.60 Å². The average Bonchev–Trinajstić information content (AvgIpc) is 2.54. The minimum atomic E-state index is -0.801. The van der Waals surface area contributed by atoms with Crippen molar-refractivity contribution in [2.75, 3.05) is 26.2 Å². The van der Waals surface area contributed by atoms with E-state index in [1.165, 1.54) is 5.56 Å². The van der Waals surface area contributed by atoms with Crippen molar-refractivity contribution in [2.45, 2.75) is 59.1 Å². The Morgan fingerprint density at radius 2 is 1.50 bits per heavy atom. The number of nitrogens with one attached hydrogen (secondary N) is 1. The lowest BCUT2D eigenvalue weighted by Crippen LogP contribution is -2.79. The molecule has 1 saturated heterocycles. The first-order chi connectivity index (χ1) is 11.1. The zero-order chi connectivity index (χ0) is 17.8. The Kier molecular flexibility index (Phi) is 4.35. The maximum absolute atomic E-state index is 11.8. The highest BCUT2D eigenvalue weighted by Gasteiger charge is 2.73. The lowest BCUT2D eigenvalue weighted by Gasteiger charge is -2.72. The summed E-state index contributed by atoms with van der Waals surface area (Å²) in [6, 6.07) is 9.05. The monoisotopic (exact) mass is 330 g/mol. The van der Waals surface area contributed by atoms with Crippen LogP contribution in [0.2, 0.25) is 0 Å². The molecule has 1 aromatic rings. The van der Waals surface area contributed by atoms with Crippen LogP contribution < -0.4 is 5.32 Å². The van der Waals surface area contributed by atoms with E-state index in [0.717, 1.165) is 31.7 Å². The molecule has 2 fully saturated rings. The van der Waals surface area contributed by atoms with Gasteiger partial charge in [0.05, 0.1) is 0 Å². The van der Waals surface area contributed by atoms with Gasteiger partial charge in [-0.2, -0.15) is 0 Å². The van der Waals surface area contributed by atoms with Gasteiger partial charge in [-0.25, -0.2) is 0 Å². The van der Waals surface area contributed by atoms with Gasteiger partial charge in [-0.3, -0.25) is 4.90 Å². The van der Waals surface area contributed by atoms with Gasteiger partial charge in [0.15, 0.2) is 0 Å². The normalized spacial score (nSPS) is 32.6. The minimum Gasteiger partial charge on any atom is -0.384 e. The van der Waals surface area contributed by atoms with E-state index in [1.54, 1.807) is 0 Å². The first-order valence-corrected chi connectivity index (χ1v) is 9.41. The quantitative estimate of drug-likeness (QED) is 0.892. The maximum atomic E-state index is 11.8. The zero-order valence-corrected chi connectivity index (χ0v) is 16.2. The van der Waals surface area contributed by atoms with E-state index in [2.05, 4.69) is 76.0 Å². The largest absolute Gasteiger partial charge is 0.384 e. The first-order valence-electron chi connectivity index (χ1n) is 9.41. The molecule has 134 valence electrons. The number of piperazine rings is 1. The summed E-state index contributed by atoms with van der Waals surface area (Å²) in [6.45, 7) is 17.6. The van der Waals surface area contributed by atoms with Crippen molar-refractivity contribution < 1.29 is 5.11 Å². The number of hydrogen-bond acceptors (Lipinski definition) is 3. The molecule has 3 heteroatoms. The molecule has 3 nitrogen and oxygen atoms in total. The molecule has 1 saturated carbocycles. The van der Waals surface area contributed by atoms with E-state index in [4.69, 9.17) is 0 Å². The van der Waals surface area contributed by atoms with E-state index in [-0.39, 0.29) is 10.8 Å². The molecule has 0 unspecified atom stereocenters. The van der Waals surface area contributed by atoms with Gasteiger partial charge < -0.3 is 10.4 Å². The molecule has 3 rings (SSSR count). The third kappa shape index (κ3) is 2.28. The fourth-order valence-corrected chi connectivity index (χ4v) is 5.76. The molecule has 1 aliphatic carbocycles. The van der Waals surface area contributed by atoms with Gasteiger partial charge in [0, 0.05) is 43.1 Å². The Balaban J connectivity index is 1.94. The molecule has 0 bridgehead atoms. The summed E-state index contributed by atoms with van der Waals surface area (Å²) in [7, 11) is 0. The van der Waals surface area contributed by atoms with Gasteiger partial charge in [0.2, 0.25) is 0 Å². The van der Waals surface area contributed by atoms with Crippen molar-refractivity contribution in [3.8, 4) is 0 Å². The van der Waals surface area contributed by atoms with Crippen molar-refractivity contribution in [3.63, 3.8) is 0 Å². The molecule has 1 aromatic carbocycles. The minimum absolute atomic E-state index is 0.173. The van der Waals surface area contributed by atoms with Crippen LogP contribution in [-0.2, 0) is 5.60 Å². The number of hydrogen-bond donors (Lipinski definition) is 2. The highest BCUT2D eigenvalue weighted by molar-refractivity contribution is 5.38. The molecule has 2 aliphatic rings. The second-order valence-corrected chi connectivity index (χ2v) is 9.12. The standard InChI is InChI=1S/C21H34N2O/c1-15(2)16-7-9-17(10-8-16)21(24)19(3,4)18(20(21,5)6)23-13-11-22-12-14-23/h7-10,15,18,22,24H,11-14H2,1-6H3. The van der Waals surface area contributed by atoms with Crippen molar-refractivity contribution >= 4 is 0 Å². The number of aliphatic hydroxyl groups is 1. The van der Waals surface area contributed by atoms with Crippen LogP contribution in [0.3, 0.4) is 0 Å². The fourth-order valence-electron chi connectivity index (χ4n) is 5.76. The first kappa shape index (κ1) is 17.9. The van der Waals surface area contributed by atoms with Crippen molar-refractivity contribution in [1.82, 2.24) is 10.2 Å². The Morgan fingerprint density at radius 1 is 1.00 bits per heavy atom. The van der Waals surface area contributed by atoms with Gasteiger partial charge in [-0.15, -0.1) is 0 Å². The summed E-state index contributed by atoms with van der Waals surface area (Å²) in [5.41, 5.74) is 1.25. The van der Waals surface area contributed by atoms with E-state index >= 15 is 0 Å². The van der Waals surface area contributed by atoms with Crippen LogP contribution in [0.25, 0.3) is 0 Å². The van der Waals surface area contributed by atoms with Gasteiger partial charge in [0.25, 0.3) is 0 Å². The molecule has 2 N–H and O–H groups in total. The third-order valence-electron chi connectivity index (χ3n) is 6.74. The molecule has 1 aliphatic heterocycles. The van der Waals surface area contributed by atoms with Crippen LogP contribution in [0.5, 0.6) is 0 Å². The van der Waals surface area contributed by atoms with Crippen LogP contribution in [0.1, 0.15) is 58.6 Å². The van der Waals surface area contributed by atoms with Crippen LogP contribution in [0.4, 0.5) is 0 Å². The Morgan fingerprint density at radius 3 is 1.96 bits per heavy atom. The highest BCUT2D eigenvalue weighted by Crippen LogP contribution is 2.68. The van der Waals surface area contributed by atoms with Crippen molar-refractivity contribution in [1.29, 1.82) is 0 Å². The lowest BCUT2D eigenvalue weighted by atomic mass is 9.39. The summed E-state index contributed by atoms with van der Waals surface area (Å²) in [6.07, 6.45) is 0. The molecular weight excluding hydrogens is 296 g/mol. The zero-order valence-electron chi connectivity index (χ0n) is 16.2. The second-order valence-electron chi connectivity index (χ2n) is 9.12. The Hall–Kier alpha value is -0.900. The number of benzene rings is 1. The molecule has 0 aromatic heterocycles. The SMILES string of the molecule is CC(C)c1ccc(C2(O)C(C)(C)C(N3CCNCC3)C2(C)C)cc1. The van der Waals surface area contributed by atoms with E-state index in [1.807, 2.05) is 0 Å². The van der Waals surface area contributed by atoms with Crippen LogP contribution >= 0.6 is 0 Å². The van der Waals surface area contributed by atoms with E-state index in [0.29, 0.717) is 12.0 Å². The van der Waals surface area contributed by atoms with Crippen LogP contribution in [-0.4, -0.2) is 42.2 Å². The second kappa shape index (κ2) is 5.82. The summed E-state index contributed by atoms with van der Waals surface area (Å²) in [4.78, 5) is 2.58. The fraction of sp³-hybridized carbons (Fsp3) is 0.714.